The molecule has 4 rings (SSSR count). The molecule has 3 aromatic rings. The number of esters is 1. The molecule has 0 saturated carbocycles. The van der Waals surface area contributed by atoms with Crippen LogP contribution >= 0.6 is 0 Å². The van der Waals surface area contributed by atoms with Gasteiger partial charge in [-0.1, -0.05) is 91.0 Å². The molecule has 0 aliphatic carbocycles. The number of amides is 2. The van der Waals surface area contributed by atoms with E-state index in [1.165, 1.54) is 0 Å². The van der Waals surface area contributed by atoms with Crippen molar-refractivity contribution >= 4 is 23.7 Å². The lowest BCUT2D eigenvalue weighted by Crippen LogP contribution is -2.39. The number of ether oxygens (including phenoxy) is 2. The van der Waals surface area contributed by atoms with E-state index in [1.54, 1.807) is 20.8 Å². The summed E-state index contributed by atoms with van der Waals surface area (Å²) in [4.78, 5) is 45.3. The van der Waals surface area contributed by atoms with Gasteiger partial charge in [0.1, 0.15) is 12.2 Å². The maximum absolute atomic E-state index is 13.8. The molecular weight excluding hydrogens is 480 g/mol. The summed E-state index contributed by atoms with van der Waals surface area (Å²) in [5, 5.41) is 0. The molecule has 196 valence electrons. The summed E-state index contributed by atoms with van der Waals surface area (Å²) in [6.07, 6.45) is -0.794. The van der Waals surface area contributed by atoms with Gasteiger partial charge in [0.2, 0.25) is 5.91 Å². The molecule has 0 bridgehead atoms. The Morgan fingerprint density at radius 3 is 1.89 bits per heavy atom. The number of cyclic esters (lactones) is 1. The van der Waals surface area contributed by atoms with Gasteiger partial charge in [0, 0.05) is 23.5 Å². The van der Waals surface area contributed by atoms with Crippen molar-refractivity contribution in [3.63, 3.8) is 0 Å². The topological polar surface area (TPSA) is 85.3 Å². The lowest BCUT2D eigenvalue weighted by atomic mass is 9.87. The second-order valence-corrected chi connectivity index (χ2v) is 10.1. The fourth-order valence-corrected chi connectivity index (χ4v) is 4.35. The van der Waals surface area contributed by atoms with E-state index in [4.69, 9.17) is 14.5 Å². The predicted molar refractivity (Wildman–Crippen MR) is 145 cm³/mol. The molecule has 7 nitrogen and oxygen atoms in total. The smallest absolute Gasteiger partial charge is 0.416 e. The van der Waals surface area contributed by atoms with Gasteiger partial charge in [-0.05, 0) is 26.3 Å². The molecule has 3 aromatic carbocycles. The molecule has 2 atom stereocenters. The Labute approximate surface area is 223 Å². The van der Waals surface area contributed by atoms with Gasteiger partial charge in [0.05, 0.1) is 12.3 Å². The maximum Gasteiger partial charge on any atom is 0.416 e. The van der Waals surface area contributed by atoms with Crippen LogP contribution < -0.4 is 0 Å². The molecule has 7 heteroatoms. The number of rotatable bonds is 8. The van der Waals surface area contributed by atoms with Gasteiger partial charge in [-0.25, -0.2) is 14.5 Å². The minimum atomic E-state index is -1.06. The molecule has 0 radical (unpaired) electrons. The highest BCUT2D eigenvalue weighted by atomic mass is 16.6. The number of nitrogens with zero attached hydrogens (tertiary/aromatic N) is 2. The Kier molecular flexibility index (Phi) is 8.36. The number of hydrogen-bond donors (Lipinski definition) is 0. The molecule has 1 aliphatic rings. The summed E-state index contributed by atoms with van der Waals surface area (Å²) in [7, 11) is 0. The minimum Gasteiger partial charge on any atom is -0.458 e. The first-order valence-electron chi connectivity index (χ1n) is 12.7. The van der Waals surface area contributed by atoms with E-state index in [1.807, 2.05) is 91.0 Å². The molecule has 0 unspecified atom stereocenters. The molecular formula is C31H32N2O5. The molecule has 2 amide bonds. The quantitative estimate of drug-likeness (QED) is 0.299. The number of carbonyl (C=O) groups excluding carboxylic acids is 3. The minimum absolute atomic E-state index is 0.122. The average molecular weight is 513 g/mol. The van der Waals surface area contributed by atoms with Crippen LogP contribution in [0.15, 0.2) is 96.0 Å². The Balaban J connectivity index is 1.86. The van der Waals surface area contributed by atoms with Crippen LogP contribution in [0.1, 0.15) is 49.8 Å². The third kappa shape index (κ3) is 6.73. The molecule has 0 N–H and O–H groups in total. The van der Waals surface area contributed by atoms with E-state index in [9.17, 15) is 14.4 Å². The first-order valence-corrected chi connectivity index (χ1v) is 12.7. The fraction of sp³-hybridized carbons (Fsp3) is 0.290. The summed E-state index contributed by atoms with van der Waals surface area (Å²) in [5.74, 6) is -1.66. The van der Waals surface area contributed by atoms with Gasteiger partial charge in [-0.3, -0.25) is 9.79 Å². The first-order chi connectivity index (χ1) is 18.2. The zero-order chi connectivity index (χ0) is 27.1. The highest BCUT2D eigenvalue weighted by Crippen LogP contribution is 2.30. The van der Waals surface area contributed by atoms with Crippen LogP contribution in [0.25, 0.3) is 0 Å². The van der Waals surface area contributed by atoms with Crippen molar-refractivity contribution in [2.45, 2.75) is 44.8 Å². The van der Waals surface area contributed by atoms with Crippen molar-refractivity contribution in [1.29, 1.82) is 0 Å². The predicted octanol–water partition coefficient (Wildman–Crippen LogP) is 5.39. The third-order valence-corrected chi connectivity index (χ3v) is 6.08. The standard InChI is InChI=1S/C31H32N2O5/c1-31(2,3)38-29(35)28(32-27(23-15-9-5-10-16-23)24-17-11-6-12-18-24)25(22-13-7-4-8-14-22)21-26(34)33-19-20-37-30(33)36/h4-18,25,28H,19-21H2,1-3H3/t25-,28+/m1/s1. The zero-order valence-corrected chi connectivity index (χ0v) is 21.9. The van der Waals surface area contributed by atoms with E-state index in [0.29, 0.717) is 5.71 Å². The maximum atomic E-state index is 13.8. The summed E-state index contributed by atoms with van der Waals surface area (Å²) in [5.41, 5.74) is 2.24. The van der Waals surface area contributed by atoms with E-state index >= 15 is 0 Å². The molecule has 0 aromatic heterocycles. The third-order valence-electron chi connectivity index (χ3n) is 6.08. The van der Waals surface area contributed by atoms with Crippen molar-refractivity contribution in [2.24, 2.45) is 4.99 Å². The normalized spacial score (nSPS) is 14.8. The summed E-state index contributed by atoms with van der Waals surface area (Å²) in [6.45, 7) is 5.72. The molecule has 1 aliphatic heterocycles. The van der Waals surface area contributed by atoms with Crippen LogP contribution in [0.3, 0.4) is 0 Å². The second-order valence-electron chi connectivity index (χ2n) is 10.1. The largest absolute Gasteiger partial charge is 0.458 e. The van der Waals surface area contributed by atoms with Gasteiger partial charge < -0.3 is 9.47 Å². The van der Waals surface area contributed by atoms with Crippen LogP contribution in [-0.2, 0) is 19.1 Å². The SMILES string of the molecule is CC(C)(C)OC(=O)[C@@H](N=C(c1ccccc1)c1ccccc1)[C@H](CC(=O)N1CCOC1=O)c1ccccc1. The van der Waals surface area contributed by atoms with Crippen LogP contribution in [0.2, 0.25) is 0 Å². The van der Waals surface area contributed by atoms with Crippen LogP contribution in [0, 0.1) is 0 Å². The second kappa shape index (κ2) is 11.9. The van der Waals surface area contributed by atoms with Gasteiger partial charge in [0.15, 0.2) is 6.04 Å². The monoisotopic (exact) mass is 512 g/mol. The zero-order valence-electron chi connectivity index (χ0n) is 21.9. The molecule has 38 heavy (non-hydrogen) atoms. The van der Waals surface area contributed by atoms with Crippen molar-refractivity contribution in [2.75, 3.05) is 13.2 Å². The van der Waals surface area contributed by atoms with Gasteiger partial charge in [-0.15, -0.1) is 0 Å². The summed E-state index contributed by atoms with van der Waals surface area (Å²) >= 11 is 0. The van der Waals surface area contributed by atoms with Gasteiger partial charge in [-0.2, -0.15) is 0 Å². The highest BCUT2D eigenvalue weighted by molar-refractivity contribution is 6.13. The lowest BCUT2D eigenvalue weighted by molar-refractivity contribution is -0.157. The number of aliphatic imine (C=N–C) groups is 1. The Morgan fingerprint density at radius 2 is 1.42 bits per heavy atom. The first kappa shape index (κ1) is 26.8. The molecule has 1 saturated heterocycles. The summed E-state index contributed by atoms with van der Waals surface area (Å²) < 4.78 is 10.8. The molecule has 1 heterocycles. The van der Waals surface area contributed by atoms with Crippen LogP contribution in [0.5, 0.6) is 0 Å². The lowest BCUT2D eigenvalue weighted by Gasteiger charge is -2.28. The van der Waals surface area contributed by atoms with Crippen molar-refractivity contribution in [3.05, 3.63) is 108 Å². The van der Waals surface area contributed by atoms with Crippen LogP contribution in [0.4, 0.5) is 4.79 Å². The number of imide groups is 1. The van der Waals surface area contributed by atoms with E-state index in [2.05, 4.69) is 0 Å². The van der Waals surface area contributed by atoms with Gasteiger partial charge >= 0.3 is 12.1 Å². The fourth-order valence-electron chi connectivity index (χ4n) is 4.35. The van der Waals surface area contributed by atoms with E-state index in [0.717, 1.165) is 21.6 Å². The Hall–Kier alpha value is -4.26. The summed E-state index contributed by atoms with van der Waals surface area (Å²) in [6, 6.07) is 27.4. The van der Waals surface area contributed by atoms with E-state index < -0.39 is 35.5 Å². The highest BCUT2D eigenvalue weighted by Gasteiger charge is 2.38. The van der Waals surface area contributed by atoms with Gasteiger partial charge in [0.25, 0.3) is 0 Å². The number of carbonyl (C=O) groups is 3. The van der Waals surface area contributed by atoms with Crippen LogP contribution in [-0.4, -0.2) is 53.4 Å². The van der Waals surface area contributed by atoms with Crippen molar-refractivity contribution in [3.8, 4) is 0 Å². The van der Waals surface area contributed by atoms with E-state index in [-0.39, 0.29) is 19.6 Å². The Morgan fingerprint density at radius 1 is 0.895 bits per heavy atom. The Bertz CT molecular complexity index is 1240. The molecule has 0 spiro atoms. The van der Waals surface area contributed by atoms with Crippen molar-refractivity contribution in [1.82, 2.24) is 4.90 Å². The number of benzene rings is 3. The average Bonchev–Trinajstić information content (AvgIpc) is 3.34. The molecule has 1 fully saturated rings. The number of hydrogen-bond acceptors (Lipinski definition) is 6. The van der Waals surface area contributed by atoms with Crippen molar-refractivity contribution < 1.29 is 23.9 Å².